The van der Waals surface area contributed by atoms with Gasteiger partial charge in [0, 0.05) is 0 Å². The Balaban J connectivity index is 0.00000217. The van der Waals surface area contributed by atoms with Gasteiger partial charge >= 0.3 is 277 Å². The Bertz CT molecular complexity index is 1690. The van der Waals surface area contributed by atoms with E-state index in [1.54, 1.807) is 22.3 Å². The molecule has 1 aliphatic heterocycles. The summed E-state index contributed by atoms with van der Waals surface area (Å²) in [6, 6.07) is 33.1. The van der Waals surface area contributed by atoms with E-state index in [0.717, 1.165) is 12.8 Å². The number of hydrogen-bond acceptors (Lipinski definition) is 0. The van der Waals surface area contributed by atoms with Gasteiger partial charge in [-0.25, -0.2) is 0 Å². The third kappa shape index (κ3) is 6.19. The molecule has 0 saturated carbocycles. The Morgan fingerprint density at radius 1 is 0.532 bits per heavy atom. The molecule has 3 aliphatic rings. The molecule has 0 N–H and O–H groups in total. The van der Waals surface area contributed by atoms with Crippen LogP contribution in [0.1, 0.15) is 97.2 Å². The third-order valence-electron chi connectivity index (χ3n) is 11.2. The number of rotatable bonds is 6. The Kier molecular flexibility index (Phi) is 10.1. The smallest absolute Gasteiger partial charge is 1.00 e. The SMILES string of the molecule is CCc1ccc(-c2cccc3c2C=C(C(C)(C)C)[CH]3[Ti+2]2([CH]3C(C(C)(C)C)=Cc4c(-c5ccc(CC)cc5)cccc43)[CH2][CH2]2)cc1.[Cl-].[Cl-]. The van der Waals surface area contributed by atoms with Crippen LogP contribution in [0.5, 0.6) is 0 Å². The van der Waals surface area contributed by atoms with Crippen molar-refractivity contribution < 1.29 is 41.4 Å². The Morgan fingerprint density at radius 2 is 0.894 bits per heavy atom. The first-order valence-corrected chi connectivity index (χ1v) is 21.4. The molecule has 0 spiro atoms. The van der Waals surface area contributed by atoms with E-state index in [1.807, 2.05) is 0 Å². The van der Waals surface area contributed by atoms with Gasteiger partial charge < -0.3 is 24.8 Å². The Hall–Kier alpha value is -2.35. The van der Waals surface area contributed by atoms with Crippen molar-refractivity contribution in [2.45, 2.75) is 86.1 Å². The second-order valence-electron chi connectivity index (χ2n) is 16.0. The van der Waals surface area contributed by atoms with Crippen LogP contribution < -0.4 is 24.8 Å². The number of hydrogen-bond donors (Lipinski definition) is 0. The summed E-state index contributed by atoms with van der Waals surface area (Å²) < 4.78 is 4.12. The molecule has 1 heterocycles. The Labute approximate surface area is 300 Å². The van der Waals surface area contributed by atoms with E-state index in [4.69, 9.17) is 0 Å². The van der Waals surface area contributed by atoms with E-state index < -0.39 is 16.6 Å². The van der Waals surface area contributed by atoms with E-state index >= 15 is 0 Å². The molecular weight excluding hydrogens is 647 g/mol. The molecule has 2 unspecified atom stereocenters. The van der Waals surface area contributed by atoms with Crippen LogP contribution in [-0.2, 0) is 29.4 Å². The average Bonchev–Trinajstić information content (AvgIpc) is 3.52. The van der Waals surface area contributed by atoms with E-state index in [9.17, 15) is 0 Å². The van der Waals surface area contributed by atoms with Crippen LogP contribution >= 0.6 is 0 Å². The number of fused-ring (bicyclic) bond motifs is 2. The molecule has 4 aromatic rings. The normalized spacial score (nSPS) is 18.5. The summed E-state index contributed by atoms with van der Waals surface area (Å²) in [5.41, 5.74) is 18.2. The van der Waals surface area contributed by atoms with Crippen molar-refractivity contribution in [2.24, 2.45) is 10.8 Å². The van der Waals surface area contributed by atoms with E-state index in [2.05, 4.69) is 152 Å². The molecule has 4 aromatic carbocycles. The fraction of sp³-hybridized carbons (Fsp3) is 0.364. The molecule has 3 heteroatoms. The molecule has 0 nitrogen and oxygen atoms in total. The van der Waals surface area contributed by atoms with Gasteiger partial charge in [-0.2, -0.15) is 0 Å². The summed E-state index contributed by atoms with van der Waals surface area (Å²) in [6.07, 6.45) is 7.46. The molecule has 244 valence electrons. The minimum absolute atomic E-state index is 0. The monoisotopic (exact) mass is 696 g/mol. The zero-order valence-electron chi connectivity index (χ0n) is 29.5. The second kappa shape index (κ2) is 13.2. The van der Waals surface area contributed by atoms with Gasteiger partial charge in [-0.1, -0.05) is 0 Å². The Morgan fingerprint density at radius 3 is 1.19 bits per heavy atom. The molecule has 47 heavy (non-hydrogen) atoms. The molecular formula is C44H50Cl2Ti. The summed E-state index contributed by atoms with van der Waals surface area (Å²) in [5.74, 6) is 0. The average molecular weight is 698 g/mol. The van der Waals surface area contributed by atoms with Crippen LogP contribution in [-0.4, -0.2) is 0 Å². The minimum atomic E-state index is -2.56. The standard InChI is InChI=1S/2C21H23.C2H4.2ClH.Ti/c2*1-5-15-9-11-16(12-10-15)19-8-6-7-17-13-18(14-20(17)19)21(2,3)4;1-2;;;/h2*6-14H,5H2,1-4H3;1-2H2;2*1H;/q;;;;;+2/p-2. The van der Waals surface area contributed by atoms with Crippen molar-refractivity contribution >= 4 is 12.2 Å². The van der Waals surface area contributed by atoms with E-state index in [1.165, 1.54) is 54.0 Å². The van der Waals surface area contributed by atoms with Gasteiger partial charge in [0.2, 0.25) is 0 Å². The van der Waals surface area contributed by atoms with Crippen molar-refractivity contribution in [1.82, 2.24) is 0 Å². The zero-order chi connectivity index (χ0) is 31.7. The van der Waals surface area contributed by atoms with Crippen LogP contribution in [0.2, 0.25) is 9.45 Å². The minimum Gasteiger partial charge on any atom is -1.00 e. The van der Waals surface area contributed by atoms with Crippen molar-refractivity contribution in [2.75, 3.05) is 0 Å². The fourth-order valence-electron chi connectivity index (χ4n) is 8.57. The number of halogens is 2. The van der Waals surface area contributed by atoms with Crippen LogP contribution in [0.15, 0.2) is 96.1 Å². The van der Waals surface area contributed by atoms with Crippen LogP contribution in [0.25, 0.3) is 34.4 Å². The van der Waals surface area contributed by atoms with Gasteiger partial charge in [0.05, 0.1) is 0 Å². The molecule has 7 rings (SSSR count). The maximum Gasteiger partial charge on any atom is -1.00 e. The van der Waals surface area contributed by atoms with Gasteiger partial charge in [0.1, 0.15) is 0 Å². The first kappa shape index (κ1) is 35.9. The second-order valence-corrected chi connectivity index (χ2v) is 23.2. The van der Waals surface area contributed by atoms with Crippen molar-refractivity contribution in [3.63, 3.8) is 0 Å². The predicted octanol–water partition coefficient (Wildman–Crippen LogP) is 6.83. The van der Waals surface area contributed by atoms with Crippen molar-refractivity contribution in [3.8, 4) is 22.3 Å². The maximum atomic E-state index is 2.65. The fourth-order valence-corrected chi connectivity index (χ4v) is 19.5. The van der Waals surface area contributed by atoms with Crippen LogP contribution in [0.3, 0.4) is 0 Å². The largest absolute Gasteiger partial charge is 1.00 e. The predicted molar refractivity (Wildman–Crippen MR) is 192 cm³/mol. The third-order valence-corrected chi connectivity index (χ3v) is 19.3. The summed E-state index contributed by atoms with van der Waals surface area (Å²) in [7, 11) is 0. The first-order chi connectivity index (χ1) is 21.5. The number of allylic oxidation sites excluding steroid dienone is 2. The van der Waals surface area contributed by atoms with Gasteiger partial charge in [0.25, 0.3) is 0 Å². The molecule has 0 aromatic heterocycles. The zero-order valence-corrected chi connectivity index (χ0v) is 32.6. The summed E-state index contributed by atoms with van der Waals surface area (Å²) in [5, 5.41) is 0. The topological polar surface area (TPSA) is 0 Å². The van der Waals surface area contributed by atoms with Gasteiger partial charge in [-0.05, 0) is 0 Å². The van der Waals surface area contributed by atoms with Gasteiger partial charge in [-0.15, -0.1) is 0 Å². The van der Waals surface area contributed by atoms with E-state index in [-0.39, 0.29) is 35.6 Å². The molecule has 0 radical (unpaired) electrons. The van der Waals surface area contributed by atoms with Gasteiger partial charge in [0.15, 0.2) is 0 Å². The van der Waals surface area contributed by atoms with Crippen LogP contribution in [0.4, 0.5) is 0 Å². The quantitative estimate of drug-likeness (QED) is 0.194. The summed E-state index contributed by atoms with van der Waals surface area (Å²) in [4.78, 5) is 0. The van der Waals surface area contributed by atoms with Crippen molar-refractivity contribution in [3.05, 3.63) is 129 Å². The number of aryl methyl sites for hydroxylation is 2. The molecule has 1 fully saturated rings. The molecule has 1 saturated heterocycles. The molecule has 2 atom stereocenters. The summed E-state index contributed by atoms with van der Waals surface area (Å²) >= 11 is -2.56. The molecule has 2 aliphatic carbocycles. The molecule has 0 bridgehead atoms. The van der Waals surface area contributed by atoms with Crippen LogP contribution in [0, 0.1) is 10.8 Å². The first-order valence-electron chi connectivity index (χ1n) is 17.3. The number of benzene rings is 4. The van der Waals surface area contributed by atoms with E-state index in [0.29, 0.717) is 8.45 Å². The summed E-state index contributed by atoms with van der Waals surface area (Å²) in [6.45, 7) is 19.3. The van der Waals surface area contributed by atoms with Gasteiger partial charge in [-0.3, -0.25) is 0 Å². The van der Waals surface area contributed by atoms with Crippen molar-refractivity contribution in [1.29, 1.82) is 0 Å². The molecule has 0 amide bonds. The maximum absolute atomic E-state index is 2.65.